The van der Waals surface area contributed by atoms with E-state index in [4.69, 9.17) is 0 Å². The molecule has 0 radical (unpaired) electrons. The highest BCUT2D eigenvalue weighted by molar-refractivity contribution is 5.95. The Morgan fingerprint density at radius 1 is 1.11 bits per heavy atom. The van der Waals surface area contributed by atoms with E-state index in [1.807, 2.05) is 23.1 Å². The monoisotopic (exact) mass is 379 g/mol. The van der Waals surface area contributed by atoms with E-state index in [-0.39, 0.29) is 17.9 Å². The van der Waals surface area contributed by atoms with Crippen molar-refractivity contribution >= 4 is 11.7 Å². The summed E-state index contributed by atoms with van der Waals surface area (Å²) in [6.45, 7) is 3.29. The molecule has 2 unspecified atom stereocenters. The number of hydrogen-bond acceptors (Lipinski definition) is 4. The van der Waals surface area contributed by atoms with Crippen LogP contribution in [-0.4, -0.2) is 42.8 Å². The number of likely N-dealkylation sites (tertiary alicyclic amines) is 1. The maximum atomic E-state index is 13.1. The van der Waals surface area contributed by atoms with E-state index in [1.54, 1.807) is 0 Å². The molecule has 1 aromatic rings. The summed E-state index contributed by atoms with van der Waals surface area (Å²) in [5, 5.41) is 6.71. The third kappa shape index (κ3) is 3.16. The second-order valence-electron chi connectivity index (χ2n) is 8.80. The van der Waals surface area contributed by atoms with Crippen molar-refractivity contribution in [1.29, 1.82) is 0 Å². The minimum atomic E-state index is -0.196. The number of fused-ring (bicyclic) bond motifs is 2. The van der Waals surface area contributed by atoms with Crippen LogP contribution >= 0.6 is 0 Å². The van der Waals surface area contributed by atoms with Crippen molar-refractivity contribution in [2.75, 3.05) is 26.2 Å². The van der Waals surface area contributed by atoms with Gasteiger partial charge in [0, 0.05) is 43.6 Å². The average molecular weight is 380 g/mol. The van der Waals surface area contributed by atoms with E-state index in [0.29, 0.717) is 11.7 Å². The van der Waals surface area contributed by atoms with Crippen LogP contribution in [0.4, 0.5) is 0 Å². The summed E-state index contributed by atoms with van der Waals surface area (Å²) in [5.74, 6) is 1.14. The SMILES string of the molecule is O=C(C1CCCCC1)C1NCCc2cc(C(=O)N3CC4=CNCC4C3)ccc21. The first-order chi connectivity index (χ1) is 13.7. The van der Waals surface area contributed by atoms with Crippen LogP contribution in [0.2, 0.25) is 0 Å². The van der Waals surface area contributed by atoms with Crippen molar-refractivity contribution in [3.63, 3.8) is 0 Å². The zero-order valence-electron chi connectivity index (χ0n) is 16.4. The molecule has 0 spiro atoms. The lowest BCUT2D eigenvalue weighted by atomic mass is 9.80. The Bertz CT molecular complexity index is 825. The second kappa shape index (κ2) is 7.36. The number of amides is 1. The highest BCUT2D eigenvalue weighted by Gasteiger charge is 2.35. The van der Waals surface area contributed by atoms with Gasteiger partial charge in [0.2, 0.25) is 0 Å². The highest BCUT2D eigenvalue weighted by Crippen LogP contribution is 2.33. The summed E-state index contributed by atoms with van der Waals surface area (Å²) in [6.07, 6.45) is 8.61. The van der Waals surface area contributed by atoms with Crippen LogP contribution in [0.25, 0.3) is 0 Å². The maximum absolute atomic E-state index is 13.1. The zero-order valence-corrected chi connectivity index (χ0v) is 16.4. The fourth-order valence-electron chi connectivity index (χ4n) is 5.40. The molecule has 3 aliphatic heterocycles. The second-order valence-corrected chi connectivity index (χ2v) is 8.80. The standard InChI is InChI=1S/C23H29N3O2/c27-22(15-4-2-1-3-5-15)21-20-7-6-17(10-16(20)8-9-25-21)23(28)26-13-18-11-24-12-19(18)14-26/h6-7,10-11,15,19,21,24-25H,1-5,8-9,12-14H2. The summed E-state index contributed by atoms with van der Waals surface area (Å²) in [6, 6.07) is 5.80. The van der Waals surface area contributed by atoms with Gasteiger partial charge in [0.1, 0.15) is 0 Å². The van der Waals surface area contributed by atoms with E-state index in [9.17, 15) is 9.59 Å². The van der Waals surface area contributed by atoms with E-state index < -0.39 is 0 Å². The highest BCUT2D eigenvalue weighted by atomic mass is 16.2. The van der Waals surface area contributed by atoms with Crippen molar-refractivity contribution in [1.82, 2.24) is 15.5 Å². The largest absolute Gasteiger partial charge is 0.390 e. The van der Waals surface area contributed by atoms with Gasteiger partial charge in [0.15, 0.2) is 5.78 Å². The van der Waals surface area contributed by atoms with Crippen LogP contribution in [0.1, 0.15) is 59.6 Å². The number of ketones is 1. The number of benzene rings is 1. The van der Waals surface area contributed by atoms with Gasteiger partial charge in [-0.15, -0.1) is 0 Å². The fraction of sp³-hybridized carbons (Fsp3) is 0.565. The molecular weight excluding hydrogens is 350 g/mol. The third-order valence-electron chi connectivity index (χ3n) is 7.01. The third-order valence-corrected chi connectivity index (χ3v) is 7.01. The fourth-order valence-corrected chi connectivity index (χ4v) is 5.40. The van der Waals surface area contributed by atoms with Crippen molar-refractivity contribution in [3.8, 4) is 0 Å². The Morgan fingerprint density at radius 2 is 1.96 bits per heavy atom. The van der Waals surface area contributed by atoms with Gasteiger partial charge in [-0.2, -0.15) is 0 Å². The van der Waals surface area contributed by atoms with Gasteiger partial charge >= 0.3 is 0 Å². The molecule has 2 N–H and O–H groups in total. The molecule has 2 atom stereocenters. The van der Waals surface area contributed by atoms with Crippen LogP contribution in [0.3, 0.4) is 0 Å². The summed E-state index contributed by atoms with van der Waals surface area (Å²) >= 11 is 0. The molecule has 5 nitrogen and oxygen atoms in total. The molecule has 5 heteroatoms. The molecule has 1 aliphatic carbocycles. The van der Waals surface area contributed by atoms with E-state index >= 15 is 0 Å². The van der Waals surface area contributed by atoms with E-state index in [1.165, 1.54) is 30.4 Å². The first-order valence-corrected chi connectivity index (χ1v) is 10.8. The lowest BCUT2D eigenvalue weighted by Gasteiger charge is -2.31. The Morgan fingerprint density at radius 3 is 2.79 bits per heavy atom. The molecule has 1 saturated heterocycles. The van der Waals surface area contributed by atoms with Crippen molar-refractivity contribution in [3.05, 3.63) is 46.7 Å². The number of rotatable bonds is 3. The van der Waals surface area contributed by atoms with Crippen molar-refractivity contribution < 1.29 is 9.59 Å². The van der Waals surface area contributed by atoms with Crippen LogP contribution in [0.5, 0.6) is 0 Å². The van der Waals surface area contributed by atoms with Gasteiger partial charge in [0.05, 0.1) is 6.04 Å². The smallest absolute Gasteiger partial charge is 0.254 e. The van der Waals surface area contributed by atoms with Crippen LogP contribution in [0, 0.1) is 11.8 Å². The summed E-state index contributed by atoms with van der Waals surface area (Å²) in [7, 11) is 0. The number of nitrogens with zero attached hydrogens (tertiary/aromatic N) is 1. The Balaban J connectivity index is 1.35. The topological polar surface area (TPSA) is 61.4 Å². The quantitative estimate of drug-likeness (QED) is 0.847. The van der Waals surface area contributed by atoms with Crippen molar-refractivity contribution in [2.24, 2.45) is 11.8 Å². The van der Waals surface area contributed by atoms with Gasteiger partial charge in [-0.1, -0.05) is 25.3 Å². The predicted molar refractivity (Wildman–Crippen MR) is 108 cm³/mol. The molecule has 5 rings (SSSR count). The lowest BCUT2D eigenvalue weighted by Crippen LogP contribution is -2.39. The minimum absolute atomic E-state index is 0.117. The van der Waals surface area contributed by atoms with E-state index in [2.05, 4.69) is 16.8 Å². The van der Waals surface area contributed by atoms with Gasteiger partial charge in [-0.25, -0.2) is 0 Å². The normalized spacial score (nSPS) is 27.0. The van der Waals surface area contributed by atoms with Gasteiger partial charge < -0.3 is 15.5 Å². The van der Waals surface area contributed by atoms with Gasteiger partial charge in [0.25, 0.3) is 5.91 Å². The molecule has 4 aliphatic rings. The Labute approximate surface area is 166 Å². The first kappa shape index (κ1) is 17.9. The number of hydrogen-bond donors (Lipinski definition) is 2. The molecule has 148 valence electrons. The Kier molecular flexibility index (Phi) is 4.71. The number of Topliss-reactive ketones (excluding diaryl/α,β-unsaturated/α-hetero) is 1. The molecule has 1 amide bonds. The molecule has 3 heterocycles. The summed E-state index contributed by atoms with van der Waals surface area (Å²) in [4.78, 5) is 28.1. The van der Waals surface area contributed by atoms with Gasteiger partial charge in [-0.05, 0) is 54.3 Å². The molecule has 28 heavy (non-hydrogen) atoms. The van der Waals surface area contributed by atoms with Gasteiger partial charge in [-0.3, -0.25) is 9.59 Å². The number of nitrogens with one attached hydrogen (secondary N) is 2. The number of carbonyl (C=O) groups is 2. The number of carbonyl (C=O) groups excluding carboxylic acids is 2. The summed E-state index contributed by atoms with van der Waals surface area (Å²) < 4.78 is 0. The van der Waals surface area contributed by atoms with E-state index in [0.717, 1.165) is 56.6 Å². The van der Waals surface area contributed by atoms with Crippen LogP contribution in [-0.2, 0) is 11.2 Å². The molecule has 1 aromatic carbocycles. The molecule has 1 saturated carbocycles. The lowest BCUT2D eigenvalue weighted by molar-refractivity contribution is -0.126. The first-order valence-electron chi connectivity index (χ1n) is 10.8. The maximum Gasteiger partial charge on any atom is 0.254 e. The molecule has 2 fully saturated rings. The van der Waals surface area contributed by atoms with Crippen molar-refractivity contribution in [2.45, 2.75) is 44.6 Å². The molecule has 0 aromatic heterocycles. The summed E-state index contributed by atoms with van der Waals surface area (Å²) in [5.41, 5.74) is 4.36. The van der Waals surface area contributed by atoms with Crippen LogP contribution < -0.4 is 10.6 Å². The van der Waals surface area contributed by atoms with Crippen LogP contribution in [0.15, 0.2) is 30.0 Å². The zero-order chi connectivity index (χ0) is 19.1. The Hall–Kier alpha value is -2.14. The predicted octanol–water partition coefficient (Wildman–Crippen LogP) is 2.58. The molecular formula is C23H29N3O2. The molecule has 0 bridgehead atoms. The minimum Gasteiger partial charge on any atom is -0.390 e. The average Bonchev–Trinajstić information content (AvgIpc) is 3.35.